The van der Waals surface area contributed by atoms with Crippen molar-refractivity contribution < 1.29 is 104 Å². The number of rotatable bonds is 12. The lowest BCUT2D eigenvalue weighted by molar-refractivity contribution is -0.379. The SMILES string of the molecule is CC(=O)N[C@@H]1[C@@H](O)[C@H](O[C@@H]2O[C@H](CO)[C@@H](O[C@@H]3O[C@H](CO)[C@@H](O)[C@H](O[C@@H]4O[C@H](CO)[C@@H](O)[C@H](O)[C@@H]4O)[C@@H]3O)[C@H](O)[C@H]2NC(C)=O)[C@@H](CO)O[C@H]1O. The molecule has 0 spiro atoms. The van der Waals surface area contributed by atoms with E-state index in [1.54, 1.807) is 0 Å². The first kappa shape index (κ1) is 41.9. The molecule has 20 atom stereocenters. The summed E-state index contributed by atoms with van der Waals surface area (Å²) in [4.78, 5) is 23.9. The van der Waals surface area contributed by atoms with Crippen molar-refractivity contribution >= 4 is 11.8 Å². The molecule has 23 heteroatoms. The second-order valence-corrected chi connectivity index (χ2v) is 12.6. The number of ether oxygens (including phenoxy) is 7. The number of amides is 2. The molecule has 0 aromatic heterocycles. The third kappa shape index (κ3) is 9.11. The van der Waals surface area contributed by atoms with E-state index in [1.807, 2.05) is 0 Å². The lowest BCUT2D eigenvalue weighted by atomic mass is 9.94. The van der Waals surface area contributed by atoms with Gasteiger partial charge in [0, 0.05) is 13.8 Å². The van der Waals surface area contributed by atoms with E-state index < -0.39 is 161 Å². The lowest BCUT2D eigenvalue weighted by Gasteiger charge is -2.50. The van der Waals surface area contributed by atoms with Gasteiger partial charge < -0.3 is 105 Å². The number of hydrogen-bond acceptors (Lipinski definition) is 21. The Labute approximate surface area is 289 Å². The summed E-state index contributed by atoms with van der Waals surface area (Å²) >= 11 is 0. The fourth-order valence-electron chi connectivity index (χ4n) is 6.35. The highest BCUT2D eigenvalue weighted by atomic mass is 16.8. The van der Waals surface area contributed by atoms with Crippen LogP contribution in [0.5, 0.6) is 0 Å². The molecule has 0 bridgehead atoms. The van der Waals surface area contributed by atoms with E-state index in [0.29, 0.717) is 0 Å². The molecule has 0 aromatic carbocycles. The van der Waals surface area contributed by atoms with Crippen LogP contribution in [0.3, 0.4) is 0 Å². The summed E-state index contributed by atoms with van der Waals surface area (Å²) < 4.78 is 39.1. The van der Waals surface area contributed by atoms with Crippen molar-refractivity contribution in [2.24, 2.45) is 0 Å². The molecule has 14 N–H and O–H groups in total. The molecule has 23 nitrogen and oxygen atoms in total. The first-order valence-corrected chi connectivity index (χ1v) is 16.1. The molecule has 4 rings (SSSR count). The van der Waals surface area contributed by atoms with Gasteiger partial charge in [-0.15, -0.1) is 0 Å². The highest BCUT2D eigenvalue weighted by Crippen LogP contribution is 2.34. The molecule has 0 aliphatic carbocycles. The van der Waals surface area contributed by atoms with Crippen molar-refractivity contribution in [2.45, 2.75) is 137 Å². The van der Waals surface area contributed by atoms with Gasteiger partial charge in [0.2, 0.25) is 11.8 Å². The van der Waals surface area contributed by atoms with Crippen molar-refractivity contribution in [3.05, 3.63) is 0 Å². The van der Waals surface area contributed by atoms with E-state index in [4.69, 9.17) is 33.2 Å². The Morgan fingerprint density at radius 2 is 0.882 bits per heavy atom. The number of carbonyl (C=O) groups is 2. The Morgan fingerprint density at radius 1 is 0.471 bits per heavy atom. The number of carbonyl (C=O) groups excluding carboxylic acids is 2. The van der Waals surface area contributed by atoms with E-state index in [2.05, 4.69) is 10.6 Å². The second kappa shape index (κ2) is 18.0. The molecular weight excluding hydrogens is 700 g/mol. The molecule has 51 heavy (non-hydrogen) atoms. The molecule has 2 amide bonds. The van der Waals surface area contributed by atoms with E-state index in [1.165, 1.54) is 0 Å². The molecule has 0 unspecified atom stereocenters. The van der Waals surface area contributed by atoms with E-state index in [9.17, 15) is 70.9 Å². The minimum Gasteiger partial charge on any atom is -0.394 e. The summed E-state index contributed by atoms with van der Waals surface area (Å²) in [5.41, 5.74) is 0. The zero-order valence-electron chi connectivity index (χ0n) is 27.4. The Morgan fingerprint density at radius 3 is 1.41 bits per heavy atom. The van der Waals surface area contributed by atoms with Crippen LogP contribution in [0.4, 0.5) is 0 Å². The van der Waals surface area contributed by atoms with Crippen LogP contribution in [0.25, 0.3) is 0 Å². The minimum atomic E-state index is -2.04. The molecule has 296 valence electrons. The normalized spacial score (nSPS) is 47.8. The van der Waals surface area contributed by atoms with E-state index in [-0.39, 0.29) is 0 Å². The van der Waals surface area contributed by atoms with E-state index >= 15 is 0 Å². The largest absolute Gasteiger partial charge is 0.394 e. The Kier molecular flexibility index (Phi) is 14.8. The van der Waals surface area contributed by atoms with Crippen LogP contribution in [-0.2, 0) is 42.7 Å². The molecular formula is C28H48N2O21. The van der Waals surface area contributed by atoms with Crippen LogP contribution in [0.2, 0.25) is 0 Å². The minimum absolute atomic E-state index is 0.660. The summed E-state index contributed by atoms with van der Waals surface area (Å²) in [6, 6.07) is -3.04. The topological polar surface area (TPSA) is 366 Å². The van der Waals surface area contributed by atoms with Crippen molar-refractivity contribution in [1.29, 1.82) is 0 Å². The third-order valence-electron chi connectivity index (χ3n) is 9.01. The van der Waals surface area contributed by atoms with E-state index in [0.717, 1.165) is 13.8 Å². The van der Waals surface area contributed by atoms with Gasteiger partial charge in [0.25, 0.3) is 0 Å². The fourth-order valence-corrected chi connectivity index (χ4v) is 6.35. The first-order valence-electron chi connectivity index (χ1n) is 16.1. The molecule has 0 saturated carbocycles. The van der Waals surface area contributed by atoms with Gasteiger partial charge >= 0.3 is 0 Å². The lowest BCUT2D eigenvalue weighted by Crippen LogP contribution is -2.70. The van der Waals surface area contributed by atoms with Gasteiger partial charge in [-0.2, -0.15) is 0 Å². The molecule has 4 aliphatic heterocycles. The van der Waals surface area contributed by atoms with Crippen LogP contribution in [0.15, 0.2) is 0 Å². The van der Waals surface area contributed by atoms with Crippen molar-refractivity contribution in [2.75, 3.05) is 26.4 Å². The number of aliphatic hydroxyl groups excluding tert-OH is 12. The Bertz CT molecular complexity index is 1140. The fraction of sp³-hybridized carbons (Fsp3) is 0.929. The van der Waals surface area contributed by atoms with Crippen LogP contribution in [0, 0.1) is 0 Å². The van der Waals surface area contributed by atoms with Gasteiger partial charge in [-0.3, -0.25) is 9.59 Å². The maximum Gasteiger partial charge on any atom is 0.217 e. The van der Waals surface area contributed by atoms with Gasteiger partial charge in [-0.25, -0.2) is 0 Å². The average Bonchev–Trinajstić information content (AvgIpc) is 3.09. The standard InChI is InChI=1S/C28H48N2O21/c1-7(35)29-13-17(39)22(11(5-33)45-25(13)44)49-26-14(30-8(2)36)18(40)23(12(6-34)48-26)50-28-21(43)24(16(38)10(4-32)47-28)51-27-20(42)19(41)15(37)9(3-31)46-27/h9-28,31-34,37-44H,3-6H2,1-2H3,(H,29,35)(H,30,36)/t9-,10-,11-,12-,13-,14-,15-,16-,17-,18-,19+,20+,21+,22-,23-,24+,25-,26+,27+,28+/m1/s1. The molecule has 4 saturated heterocycles. The number of aliphatic hydroxyl groups is 12. The summed E-state index contributed by atoms with van der Waals surface area (Å²) in [5.74, 6) is -1.40. The molecule has 0 radical (unpaired) electrons. The smallest absolute Gasteiger partial charge is 0.217 e. The zero-order valence-corrected chi connectivity index (χ0v) is 27.4. The quantitative estimate of drug-likeness (QED) is 0.0881. The third-order valence-corrected chi connectivity index (χ3v) is 9.01. The van der Waals surface area contributed by atoms with Crippen molar-refractivity contribution in [3.63, 3.8) is 0 Å². The highest BCUT2D eigenvalue weighted by Gasteiger charge is 2.55. The summed E-state index contributed by atoms with van der Waals surface area (Å²) in [7, 11) is 0. The summed E-state index contributed by atoms with van der Waals surface area (Å²) in [5, 5.41) is 130. The summed E-state index contributed by atoms with van der Waals surface area (Å²) in [6.45, 7) is -1.28. The van der Waals surface area contributed by atoms with Gasteiger partial charge in [0.1, 0.15) is 97.5 Å². The Hall–Kier alpha value is -1.82. The summed E-state index contributed by atoms with van der Waals surface area (Å²) in [6.07, 6.45) is -31.4. The molecule has 4 heterocycles. The van der Waals surface area contributed by atoms with Crippen LogP contribution >= 0.6 is 0 Å². The first-order chi connectivity index (χ1) is 24.1. The van der Waals surface area contributed by atoms with Gasteiger partial charge in [0.15, 0.2) is 25.2 Å². The highest BCUT2D eigenvalue weighted by molar-refractivity contribution is 5.73. The molecule has 4 aliphatic rings. The number of nitrogens with one attached hydrogen (secondary N) is 2. The molecule has 0 aromatic rings. The maximum absolute atomic E-state index is 12.2. The van der Waals surface area contributed by atoms with Gasteiger partial charge in [-0.1, -0.05) is 0 Å². The van der Waals surface area contributed by atoms with Crippen molar-refractivity contribution in [3.8, 4) is 0 Å². The predicted molar refractivity (Wildman–Crippen MR) is 157 cm³/mol. The second-order valence-electron chi connectivity index (χ2n) is 12.6. The van der Waals surface area contributed by atoms with Gasteiger partial charge in [0.05, 0.1) is 26.4 Å². The maximum atomic E-state index is 12.2. The van der Waals surface area contributed by atoms with Crippen LogP contribution in [-0.4, -0.2) is 222 Å². The van der Waals surface area contributed by atoms with Crippen LogP contribution < -0.4 is 10.6 Å². The monoisotopic (exact) mass is 748 g/mol. The van der Waals surface area contributed by atoms with Crippen LogP contribution in [0.1, 0.15) is 13.8 Å². The predicted octanol–water partition coefficient (Wildman–Crippen LogP) is -9.46. The van der Waals surface area contributed by atoms with Gasteiger partial charge in [-0.05, 0) is 0 Å². The average molecular weight is 749 g/mol. The zero-order chi connectivity index (χ0) is 37.9. The Balaban J connectivity index is 1.56. The molecule has 4 fully saturated rings. The number of hydrogen-bond donors (Lipinski definition) is 14. The van der Waals surface area contributed by atoms with Crippen molar-refractivity contribution in [1.82, 2.24) is 10.6 Å².